The molecule has 2 N–H and O–H groups in total. The smallest absolute Gasteiger partial charge is 0.225 e. The Balaban J connectivity index is 2.44. The summed E-state index contributed by atoms with van der Waals surface area (Å²) in [5.74, 6) is 1.69. The molecule has 2 aromatic rings. The van der Waals surface area contributed by atoms with Crippen LogP contribution in [0.3, 0.4) is 0 Å². The highest BCUT2D eigenvalue weighted by molar-refractivity contribution is 5.96. The number of H-pyrrole nitrogens is 1. The molecule has 0 spiro atoms. The Kier molecular flexibility index (Phi) is 6.52. The molecule has 0 aliphatic heterocycles. The molecule has 0 aliphatic rings. The van der Waals surface area contributed by atoms with E-state index in [9.17, 15) is 4.79 Å². The maximum atomic E-state index is 12.6. The summed E-state index contributed by atoms with van der Waals surface area (Å²) in [6, 6.07) is 5.62. The topological polar surface area (TPSA) is 76.2 Å². The van der Waals surface area contributed by atoms with Crippen molar-refractivity contribution in [2.75, 3.05) is 19.5 Å². The molecular weight excluding hydrogens is 342 g/mol. The van der Waals surface area contributed by atoms with Gasteiger partial charge in [-0.15, -0.1) is 0 Å². The van der Waals surface area contributed by atoms with Gasteiger partial charge in [0.05, 0.1) is 25.6 Å². The van der Waals surface area contributed by atoms with Crippen molar-refractivity contribution in [1.29, 1.82) is 0 Å². The second-order valence-corrected chi connectivity index (χ2v) is 8.38. The fraction of sp³-hybridized carbons (Fsp3) is 0.524. The SMILES string of the molecule is COc1ccc(-c2n[nH]c(CC(C)C)c2NC(=O)CC(C)(C)C)cc1OC. The van der Waals surface area contributed by atoms with Gasteiger partial charge in [-0.25, -0.2) is 0 Å². The first-order valence-electron chi connectivity index (χ1n) is 9.24. The third kappa shape index (κ3) is 5.49. The quantitative estimate of drug-likeness (QED) is 0.739. The number of hydrogen-bond acceptors (Lipinski definition) is 4. The fourth-order valence-electron chi connectivity index (χ4n) is 2.93. The number of benzene rings is 1. The van der Waals surface area contributed by atoms with Gasteiger partial charge in [0.1, 0.15) is 5.69 Å². The van der Waals surface area contributed by atoms with Crippen LogP contribution in [-0.4, -0.2) is 30.3 Å². The van der Waals surface area contributed by atoms with Gasteiger partial charge in [0.2, 0.25) is 5.91 Å². The number of nitrogens with one attached hydrogen (secondary N) is 2. The summed E-state index contributed by atoms with van der Waals surface area (Å²) < 4.78 is 10.7. The summed E-state index contributed by atoms with van der Waals surface area (Å²) in [6.07, 6.45) is 1.23. The Bertz CT molecular complexity index is 788. The van der Waals surface area contributed by atoms with Crippen LogP contribution in [0.5, 0.6) is 11.5 Å². The number of methoxy groups -OCH3 is 2. The van der Waals surface area contributed by atoms with Crippen molar-refractivity contribution in [3.8, 4) is 22.8 Å². The number of aromatic amines is 1. The molecule has 2 rings (SSSR count). The van der Waals surface area contributed by atoms with E-state index in [0.29, 0.717) is 29.5 Å². The molecule has 0 radical (unpaired) electrons. The molecule has 0 saturated carbocycles. The summed E-state index contributed by atoms with van der Waals surface area (Å²) in [6.45, 7) is 10.4. The monoisotopic (exact) mass is 373 g/mol. The zero-order chi connectivity index (χ0) is 20.2. The molecule has 0 aliphatic carbocycles. The second-order valence-electron chi connectivity index (χ2n) is 8.38. The van der Waals surface area contributed by atoms with E-state index in [2.05, 4.69) is 29.4 Å². The van der Waals surface area contributed by atoms with E-state index in [0.717, 1.165) is 23.4 Å². The molecule has 0 unspecified atom stereocenters. The third-order valence-electron chi connectivity index (χ3n) is 4.07. The molecule has 6 nitrogen and oxygen atoms in total. The van der Waals surface area contributed by atoms with Crippen molar-refractivity contribution in [1.82, 2.24) is 10.2 Å². The average Bonchev–Trinajstić information content (AvgIpc) is 2.94. The number of aromatic nitrogens is 2. The van der Waals surface area contributed by atoms with E-state index in [1.807, 2.05) is 39.0 Å². The second kappa shape index (κ2) is 8.46. The summed E-state index contributed by atoms with van der Waals surface area (Å²) in [7, 11) is 3.20. The van der Waals surface area contributed by atoms with Crippen LogP contribution in [0.1, 0.15) is 46.7 Å². The number of anilines is 1. The maximum absolute atomic E-state index is 12.6. The highest BCUT2D eigenvalue weighted by atomic mass is 16.5. The zero-order valence-electron chi connectivity index (χ0n) is 17.4. The maximum Gasteiger partial charge on any atom is 0.225 e. The lowest BCUT2D eigenvalue weighted by atomic mass is 9.92. The van der Waals surface area contributed by atoms with E-state index < -0.39 is 0 Å². The van der Waals surface area contributed by atoms with Crippen LogP contribution in [0.15, 0.2) is 18.2 Å². The van der Waals surface area contributed by atoms with E-state index >= 15 is 0 Å². The Morgan fingerprint density at radius 1 is 1.19 bits per heavy atom. The van der Waals surface area contributed by atoms with Crippen molar-refractivity contribution < 1.29 is 14.3 Å². The number of carbonyl (C=O) groups is 1. The molecule has 0 bridgehead atoms. The Morgan fingerprint density at radius 2 is 1.85 bits per heavy atom. The van der Waals surface area contributed by atoms with Crippen LogP contribution in [0.2, 0.25) is 0 Å². The molecule has 148 valence electrons. The molecule has 6 heteroatoms. The first-order valence-corrected chi connectivity index (χ1v) is 9.24. The van der Waals surface area contributed by atoms with Gasteiger partial charge in [0.25, 0.3) is 0 Å². The molecule has 1 aromatic carbocycles. The number of hydrogen-bond donors (Lipinski definition) is 2. The van der Waals surface area contributed by atoms with Crippen molar-refractivity contribution in [3.05, 3.63) is 23.9 Å². The summed E-state index contributed by atoms with van der Waals surface area (Å²) in [4.78, 5) is 12.6. The molecule has 0 fully saturated rings. The number of amides is 1. The summed E-state index contributed by atoms with van der Waals surface area (Å²) >= 11 is 0. The standard InChI is InChI=1S/C21H31N3O3/c1-13(2)10-15-20(22-18(25)12-21(3,4)5)19(24-23-15)14-8-9-16(26-6)17(11-14)27-7/h8-9,11,13H,10,12H2,1-7H3,(H,22,25)(H,23,24). The van der Waals surface area contributed by atoms with Crippen LogP contribution in [0.25, 0.3) is 11.3 Å². The van der Waals surface area contributed by atoms with Crippen LogP contribution in [-0.2, 0) is 11.2 Å². The number of ether oxygens (including phenoxy) is 2. The first kappa shape index (κ1) is 20.8. The first-order chi connectivity index (χ1) is 12.6. The number of nitrogens with zero attached hydrogens (tertiary/aromatic N) is 1. The molecule has 1 heterocycles. The minimum absolute atomic E-state index is 0.0179. The van der Waals surface area contributed by atoms with Crippen molar-refractivity contribution in [3.63, 3.8) is 0 Å². The predicted molar refractivity (Wildman–Crippen MR) is 108 cm³/mol. The Hall–Kier alpha value is -2.50. The molecule has 1 aromatic heterocycles. The van der Waals surface area contributed by atoms with E-state index in [1.165, 1.54) is 0 Å². The van der Waals surface area contributed by atoms with Gasteiger partial charge in [-0.3, -0.25) is 9.89 Å². The van der Waals surface area contributed by atoms with Gasteiger partial charge in [-0.05, 0) is 36.0 Å². The van der Waals surface area contributed by atoms with Crippen LogP contribution in [0, 0.1) is 11.3 Å². The van der Waals surface area contributed by atoms with E-state index in [1.54, 1.807) is 14.2 Å². The summed E-state index contributed by atoms with van der Waals surface area (Å²) in [5, 5.41) is 10.7. The van der Waals surface area contributed by atoms with Gasteiger partial charge in [-0.2, -0.15) is 5.10 Å². The van der Waals surface area contributed by atoms with Gasteiger partial charge in [0.15, 0.2) is 11.5 Å². The normalized spacial score (nSPS) is 11.6. The van der Waals surface area contributed by atoms with Crippen molar-refractivity contribution >= 4 is 11.6 Å². The van der Waals surface area contributed by atoms with Crippen LogP contribution in [0.4, 0.5) is 5.69 Å². The highest BCUT2D eigenvalue weighted by Gasteiger charge is 2.22. The van der Waals surface area contributed by atoms with Crippen LogP contribution < -0.4 is 14.8 Å². The average molecular weight is 373 g/mol. The lowest BCUT2D eigenvalue weighted by molar-refractivity contribution is -0.117. The van der Waals surface area contributed by atoms with Crippen molar-refractivity contribution in [2.24, 2.45) is 11.3 Å². The number of carbonyl (C=O) groups excluding carboxylic acids is 1. The Morgan fingerprint density at radius 3 is 2.41 bits per heavy atom. The minimum Gasteiger partial charge on any atom is -0.493 e. The zero-order valence-corrected chi connectivity index (χ0v) is 17.4. The molecule has 0 saturated heterocycles. The molecule has 1 amide bonds. The van der Waals surface area contributed by atoms with E-state index in [-0.39, 0.29) is 11.3 Å². The third-order valence-corrected chi connectivity index (χ3v) is 4.07. The lowest BCUT2D eigenvalue weighted by Crippen LogP contribution is -2.20. The van der Waals surface area contributed by atoms with E-state index in [4.69, 9.17) is 9.47 Å². The summed E-state index contributed by atoms with van der Waals surface area (Å²) in [5.41, 5.74) is 3.14. The molecule has 27 heavy (non-hydrogen) atoms. The van der Waals surface area contributed by atoms with Gasteiger partial charge in [-0.1, -0.05) is 34.6 Å². The van der Waals surface area contributed by atoms with Crippen molar-refractivity contribution in [2.45, 2.75) is 47.5 Å². The highest BCUT2D eigenvalue weighted by Crippen LogP contribution is 2.36. The van der Waals surface area contributed by atoms with Gasteiger partial charge in [0, 0.05) is 12.0 Å². The Labute approximate surface area is 161 Å². The van der Waals surface area contributed by atoms with Gasteiger partial charge >= 0.3 is 0 Å². The largest absolute Gasteiger partial charge is 0.493 e. The predicted octanol–water partition coefficient (Wildman–Crippen LogP) is 4.67. The fourth-order valence-corrected chi connectivity index (χ4v) is 2.93. The molecular formula is C21H31N3O3. The van der Waals surface area contributed by atoms with Gasteiger partial charge < -0.3 is 14.8 Å². The van der Waals surface area contributed by atoms with Crippen LogP contribution >= 0.6 is 0 Å². The molecule has 0 atom stereocenters. The minimum atomic E-state index is -0.0878. The lowest BCUT2D eigenvalue weighted by Gasteiger charge is -2.18. The number of rotatable bonds is 7.